The molecule has 1 amide bonds. The van der Waals surface area contributed by atoms with Crippen LogP contribution in [0.15, 0.2) is 65.3 Å². The van der Waals surface area contributed by atoms with Crippen LogP contribution in [0.25, 0.3) is 11.5 Å². The molecule has 1 N–H and O–H groups in total. The zero-order chi connectivity index (χ0) is 23.2. The summed E-state index contributed by atoms with van der Waals surface area (Å²) in [5.41, 5.74) is 3.06. The average molecular weight is 460 g/mol. The highest BCUT2D eigenvalue weighted by Gasteiger charge is 2.30. The number of nitrogens with zero attached hydrogens (tertiary/aromatic N) is 4. The maximum Gasteiger partial charge on any atom is 0.222 e. The predicted molar refractivity (Wildman–Crippen MR) is 131 cm³/mol. The van der Waals surface area contributed by atoms with Crippen LogP contribution in [0, 0.1) is 11.8 Å². The molecule has 0 saturated carbocycles. The predicted octanol–water partition coefficient (Wildman–Crippen LogP) is 3.24. The third-order valence-electron chi connectivity index (χ3n) is 7.12. The summed E-state index contributed by atoms with van der Waals surface area (Å²) in [6.45, 7) is 6.34. The van der Waals surface area contributed by atoms with Crippen molar-refractivity contribution < 1.29 is 9.32 Å². The molecule has 2 aliphatic rings. The molecule has 2 aliphatic heterocycles. The van der Waals surface area contributed by atoms with Gasteiger partial charge in [0, 0.05) is 51.4 Å². The Balaban J connectivity index is 1.14. The number of hydrogen-bond donors (Lipinski definition) is 1. The van der Waals surface area contributed by atoms with E-state index in [4.69, 9.17) is 4.52 Å². The van der Waals surface area contributed by atoms with Crippen molar-refractivity contribution in [2.24, 2.45) is 11.8 Å². The maximum absolute atomic E-state index is 13.2. The van der Waals surface area contributed by atoms with Gasteiger partial charge in [-0.3, -0.25) is 14.7 Å². The van der Waals surface area contributed by atoms with Crippen LogP contribution >= 0.6 is 0 Å². The molecule has 0 spiro atoms. The van der Waals surface area contributed by atoms with Crippen LogP contribution in [0.1, 0.15) is 24.1 Å². The third kappa shape index (κ3) is 5.72. The Kier molecular flexibility index (Phi) is 7.31. The number of pyridine rings is 1. The SMILES string of the molecule is O=C(C[C@@H]1CCNC[C@@H]1Cc1cc(-c2ccccn2)on1)N1CCN(Cc2ccccc2)CC1. The number of rotatable bonds is 7. The lowest BCUT2D eigenvalue weighted by molar-refractivity contribution is -0.134. The first-order valence-corrected chi connectivity index (χ1v) is 12.4. The Bertz CT molecular complexity index is 1050. The van der Waals surface area contributed by atoms with Crippen molar-refractivity contribution in [3.63, 3.8) is 0 Å². The third-order valence-corrected chi connectivity index (χ3v) is 7.12. The van der Waals surface area contributed by atoms with Gasteiger partial charge in [0.15, 0.2) is 5.76 Å². The number of aromatic nitrogens is 2. The van der Waals surface area contributed by atoms with Crippen molar-refractivity contribution in [1.82, 2.24) is 25.3 Å². The van der Waals surface area contributed by atoms with E-state index in [0.717, 1.165) is 70.0 Å². The molecular formula is C27H33N5O2. The number of hydrogen-bond acceptors (Lipinski definition) is 6. The molecule has 7 heteroatoms. The van der Waals surface area contributed by atoms with Gasteiger partial charge < -0.3 is 14.7 Å². The van der Waals surface area contributed by atoms with Crippen molar-refractivity contribution in [3.05, 3.63) is 72.1 Å². The first-order valence-electron chi connectivity index (χ1n) is 12.4. The van der Waals surface area contributed by atoms with E-state index in [9.17, 15) is 4.79 Å². The van der Waals surface area contributed by atoms with E-state index in [0.29, 0.717) is 29.9 Å². The van der Waals surface area contributed by atoms with Gasteiger partial charge in [0.1, 0.15) is 5.69 Å². The zero-order valence-corrected chi connectivity index (χ0v) is 19.6. The monoisotopic (exact) mass is 459 g/mol. The second-order valence-electron chi connectivity index (χ2n) is 9.46. The lowest BCUT2D eigenvalue weighted by atomic mass is 9.81. The van der Waals surface area contributed by atoms with Gasteiger partial charge in [0.2, 0.25) is 5.91 Å². The summed E-state index contributed by atoms with van der Waals surface area (Å²) in [6, 6.07) is 18.3. The average Bonchev–Trinajstić information content (AvgIpc) is 3.35. The molecule has 0 radical (unpaired) electrons. The number of carbonyl (C=O) groups excluding carboxylic acids is 1. The fourth-order valence-corrected chi connectivity index (χ4v) is 5.14. The Labute approximate surface area is 201 Å². The van der Waals surface area contributed by atoms with Gasteiger partial charge in [-0.2, -0.15) is 0 Å². The van der Waals surface area contributed by atoms with E-state index in [1.807, 2.05) is 24.3 Å². The summed E-state index contributed by atoms with van der Waals surface area (Å²) in [5, 5.41) is 7.79. The fourth-order valence-electron chi connectivity index (χ4n) is 5.14. The van der Waals surface area contributed by atoms with E-state index in [1.54, 1.807) is 6.20 Å². The van der Waals surface area contributed by atoms with Crippen molar-refractivity contribution in [3.8, 4) is 11.5 Å². The molecule has 178 valence electrons. The topological polar surface area (TPSA) is 74.5 Å². The zero-order valence-electron chi connectivity index (χ0n) is 19.6. The van der Waals surface area contributed by atoms with E-state index in [-0.39, 0.29) is 0 Å². The van der Waals surface area contributed by atoms with Crippen molar-refractivity contribution in [1.29, 1.82) is 0 Å². The molecular weight excluding hydrogens is 426 g/mol. The molecule has 5 rings (SSSR count). The minimum absolute atomic E-state index is 0.297. The summed E-state index contributed by atoms with van der Waals surface area (Å²) in [6.07, 6.45) is 4.21. The number of piperazine rings is 1. The summed E-state index contributed by atoms with van der Waals surface area (Å²) in [4.78, 5) is 22.0. The van der Waals surface area contributed by atoms with Crippen LogP contribution in [-0.2, 0) is 17.8 Å². The minimum atomic E-state index is 0.297. The second kappa shape index (κ2) is 10.9. The van der Waals surface area contributed by atoms with E-state index < -0.39 is 0 Å². The lowest BCUT2D eigenvalue weighted by Gasteiger charge is -2.37. The maximum atomic E-state index is 13.2. The van der Waals surface area contributed by atoms with E-state index in [2.05, 4.69) is 55.6 Å². The second-order valence-corrected chi connectivity index (χ2v) is 9.46. The fraction of sp³-hybridized carbons (Fsp3) is 0.444. The van der Waals surface area contributed by atoms with Crippen LogP contribution < -0.4 is 5.32 Å². The molecule has 0 unspecified atom stereocenters. The molecule has 7 nitrogen and oxygen atoms in total. The van der Waals surface area contributed by atoms with E-state index >= 15 is 0 Å². The quantitative estimate of drug-likeness (QED) is 0.585. The van der Waals surface area contributed by atoms with E-state index in [1.165, 1.54) is 5.56 Å². The Morgan fingerprint density at radius 3 is 2.65 bits per heavy atom. The molecule has 2 atom stereocenters. The van der Waals surface area contributed by atoms with Crippen LogP contribution in [0.3, 0.4) is 0 Å². The number of nitrogens with one attached hydrogen (secondary N) is 1. The van der Waals surface area contributed by atoms with Crippen LogP contribution in [0.2, 0.25) is 0 Å². The molecule has 1 aromatic carbocycles. The van der Waals surface area contributed by atoms with Crippen LogP contribution in [0.4, 0.5) is 0 Å². The molecule has 34 heavy (non-hydrogen) atoms. The standard InChI is InChI=1S/C27H33N5O2/c33-27(32-14-12-31(13-15-32)20-21-6-2-1-3-7-21)17-22-9-11-28-19-23(22)16-24-18-26(34-30-24)25-8-4-5-10-29-25/h1-8,10,18,22-23,28H,9,11-17,19-20H2/t22-,23-/m0/s1. The molecule has 3 aromatic rings. The van der Waals surface area contributed by atoms with Gasteiger partial charge in [-0.05, 0) is 55.5 Å². The highest BCUT2D eigenvalue weighted by atomic mass is 16.5. The normalized spacial score (nSPS) is 21.5. The van der Waals surface area contributed by atoms with Gasteiger partial charge in [0.25, 0.3) is 0 Å². The lowest BCUT2D eigenvalue weighted by Crippen LogP contribution is -2.49. The summed E-state index contributed by atoms with van der Waals surface area (Å²) in [5.74, 6) is 1.73. The van der Waals surface area contributed by atoms with Crippen LogP contribution in [0.5, 0.6) is 0 Å². The minimum Gasteiger partial charge on any atom is -0.354 e. The molecule has 2 saturated heterocycles. The van der Waals surface area contributed by atoms with Crippen LogP contribution in [-0.4, -0.2) is 65.1 Å². The first kappa shape index (κ1) is 22.7. The molecule has 4 heterocycles. The number of benzene rings is 1. The molecule has 0 aliphatic carbocycles. The molecule has 2 fully saturated rings. The Morgan fingerprint density at radius 1 is 1.03 bits per heavy atom. The summed E-state index contributed by atoms with van der Waals surface area (Å²) < 4.78 is 5.54. The Hall–Kier alpha value is -3.03. The van der Waals surface area contributed by atoms with Crippen molar-refractivity contribution in [2.45, 2.75) is 25.8 Å². The van der Waals surface area contributed by atoms with Gasteiger partial charge in [0.05, 0.1) is 5.69 Å². The Morgan fingerprint density at radius 2 is 1.85 bits per heavy atom. The van der Waals surface area contributed by atoms with Gasteiger partial charge >= 0.3 is 0 Å². The number of carbonyl (C=O) groups is 1. The summed E-state index contributed by atoms with van der Waals surface area (Å²) in [7, 11) is 0. The van der Waals surface area contributed by atoms with Gasteiger partial charge in [-0.1, -0.05) is 41.6 Å². The largest absolute Gasteiger partial charge is 0.354 e. The number of piperidine rings is 1. The molecule has 0 bridgehead atoms. The van der Waals surface area contributed by atoms with Crippen molar-refractivity contribution in [2.75, 3.05) is 39.3 Å². The number of amides is 1. The van der Waals surface area contributed by atoms with Crippen molar-refractivity contribution >= 4 is 5.91 Å². The highest BCUT2D eigenvalue weighted by molar-refractivity contribution is 5.76. The van der Waals surface area contributed by atoms with Gasteiger partial charge in [-0.15, -0.1) is 0 Å². The smallest absolute Gasteiger partial charge is 0.222 e. The first-order chi connectivity index (χ1) is 16.7. The summed E-state index contributed by atoms with van der Waals surface area (Å²) >= 11 is 0. The van der Waals surface area contributed by atoms with Gasteiger partial charge in [-0.25, -0.2) is 0 Å². The molecule has 2 aromatic heterocycles. The highest BCUT2D eigenvalue weighted by Crippen LogP contribution is 2.28.